The van der Waals surface area contributed by atoms with Crippen molar-refractivity contribution in [2.45, 2.75) is 39.2 Å². The van der Waals surface area contributed by atoms with E-state index in [1.54, 1.807) is 12.5 Å². The van der Waals surface area contributed by atoms with E-state index in [4.69, 9.17) is 5.21 Å². The second-order valence-electron chi connectivity index (χ2n) is 6.50. The number of hydroxylamine groups is 1. The van der Waals surface area contributed by atoms with E-state index in [9.17, 15) is 9.59 Å². The monoisotopic (exact) mass is 335 g/mol. The summed E-state index contributed by atoms with van der Waals surface area (Å²) in [4.78, 5) is 23.6. The van der Waals surface area contributed by atoms with Crippen LogP contribution in [0, 0.1) is 11.8 Å². The van der Waals surface area contributed by atoms with Gasteiger partial charge in [0, 0.05) is 13.5 Å². The van der Waals surface area contributed by atoms with E-state index in [0.29, 0.717) is 18.9 Å². The first-order chi connectivity index (χ1) is 11.5. The Labute approximate surface area is 144 Å². The first kappa shape index (κ1) is 20.1. The molecule has 6 nitrogen and oxygen atoms in total. The van der Waals surface area contributed by atoms with E-state index in [1.807, 2.05) is 30.3 Å². The normalized spacial score (nSPS) is 13.4. The van der Waals surface area contributed by atoms with Gasteiger partial charge in [0.15, 0.2) is 0 Å². The summed E-state index contributed by atoms with van der Waals surface area (Å²) in [6.45, 7) is 4.71. The van der Waals surface area contributed by atoms with E-state index in [-0.39, 0.29) is 24.3 Å². The van der Waals surface area contributed by atoms with E-state index < -0.39 is 5.91 Å². The van der Waals surface area contributed by atoms with Gasteiger partial charge in [0.25, 0.3) is 0 Å². The van der Waals surface area contributed by atoms with Crippen LogP contribution in [0.25, 0.3) is 0 Å². The summed E-state index contributed by atoms with van der Waals surface area (Å²) >= 11 is 0. The molecule has 0 fully saturated rings. The molecule has 134 valence electrons. The molecule has 0 saturated heterocycles. The third-order valence-electron chi connectivity index (χ3n) is 3.90. The fourth-order valence-corrected chi connectivity index (χ4v) is 2.80. The van der Waals surface area contributed by atoms with Crippen molar-refractivity contribution in [2.24, 2.45) is 11.8 Å². The smallest absolute Gasteiger partial charge is 0.243 e. The largest absolute Gasteiger partial charge is 0.358 e. The predicted octanol–water partition coefficient (Wildman–Crippen LogP) is 1.49. The molecule has 0 spiro atoms. The number of carbonyl (C=O) groups excluding carboxylic acids is 2. The Balaban J connectivity index is 2.69. The minimum atomic E-state index is -0.401. The van der Waals surface area contributed by atoms with Crippen LogP contribution in [-0.2, 0) is 16.0 Å². The molecule has 0 saturated carbocycles. The Morgan fingerprint density at radius 1 is 1.17 bits per heavy atom. The third kappa shape index (κ3) is 7.57. The van der Waals surface area contributed by atoms with Gasteiger partial charge in [-0.1, -0.05) is 44.2 Å². The topological polar surface area (TPSA) is 90.5 Å². The molecule has 0 radical (unpaired) electrons. The quantitative estimate of drug-likeness (QED) is 0.385. The SMILES string of the molecule is CNC(=O)[C@H](Cc1ccccc1)NC[C@@H](CC(=O)NO)CC(C)C. The van der Waals surface area contributed by atoms with Crippen LogP contribution in [0.15, 0.2) is 30.3 Å². The highest BCUT2D eigenvalue weighted by Gasteiger charge is 2.21. The maximum atomic E-state index is 12.1. The Morgan fingerprint density at radius 3 is 2.38 bits per heavy atom. The molecule has 4 N–H and O–H groups in total. The van der Waals surface area contributed by atoms with Crippen LogP contribution < -0.4 is 16.1 Å². The summed E-state index contributed by atoms with van der Waals surface area (Å²) in [5.74, 6) is 0.00621. The zero-order valence-corrected chi connectivity index (χ0v) is 14.7. The fourth-order valence-electron chi connectivity index (χ4n) is 2.80. The van der Waals surface area contributed by atoms with Gasteiger partial charge in [-0.3, -0.25) is 14.8 Å². The molecule has 0 aromatic heterocycles. The highest BCUT2D eigenvalue weighted by molar-refractivity contribution is 5.81. The number of rotatable bonds is 10. The summed E-state index contributed by atoms with van der Waals surface area (Å²) in [6, 6.07) is 9.46. The zero-order valence-electron chi connectivity index (χ0n) is 14.7. The van der Waals surface area contributed by atoms with Crippen molar-refractivity contribution in [3.05, 3.63) is 35.9 Å². The average Bonchev–Trinajstić information content (AvgIpc) is 2.57. The molecular formula is C18H29N3O3. The number of nitrogens with one attached hydrogen (secondary N) is 3. The van der Waals surface area contributed by atoms with Crippen molar-refractivity contribution < 1.29 is 14.8 Å². The molecule has 0 aliphatic carbocycles. The second-order valence-corrected chi connectivity index (χ2v) is 6.50. The summed E-state index contributed by atoms with van der Waals surface area (Å²) in [5, 5.41) is 14.7. The van der Waals surface area contributed by atoms with Crippen molar-refractivity contribution in [3.63, 3.8) is 0 Å². The number of carbonyl (C=O) groups is 2. The van der Waals surface area contributed by atoms with Crippen LogP contribution in [0.4, 0.5) is 0 Å². The second kappa shape index (κ2) is 10.8. The third-order valence-corrected chi connectivity index (χ3v) is 3.90. The molecule has 1 aromatic rings. The lowest BCUT2D eigenvalue weighted by molar-refractivity contribution is -0.130. The number of hydrogen-bond acceptors (Lipinski definition) is 4. The lowest BCUT2D eigenvalue weighted by Gasteiger charge is -2.23. The van der Waals surface area contributed by atoms with Gasteiger partial charge in [-0.05, 0) is 36.8 Å². The van der Waals surface area contributed by atoms with E-state index in [0.717, 1.165) is 12.0 Å². The van der Waals surface area contributed by atoms with Crippen LogP contribution in [-0.4, -0.2) is 36.7 Å². The van der Waals surface area contributed by atoms with E-state index in [1.165, 1.54) is 0 Å². The van der Waals surface area contributed by atoms with Gasteiger partial charge >= 0.3 is 0 Å². The molecule has 0 aliphatic heterocycles. The van der Waals surface area contributed by atoms with Gasteiger partial charge in [0.1, 0.15) is 0 Å². The molecule has 2 atom stereocenters. The van der Waals surface area contributed by atoms with Crippen molar-refractivity contribution in [1.29, 1.82) is 0 Å². The standard InChI is InChI=1S/C18H29N3O3/c1-13(2)9-15(11-17(22)21-24)12-20-16(18(23)19-3)10-14-7-5-4-6-8-14/h4-8,13,15-16,20,24H,9-12H2,1-3H3,(H,19,23)(H,21,22)/t15-,16+/m1/s1. The molecule has 0 bridgehead atoms. The highest BCUT2D eigenvalue weighted by Crippen LogP contribution is 2.15. The number of likely N-dealkylation sites (N-methyl/N-ethyl adjacent to an activating group) is 1. The lowest BCUT2D eigenvalue weighted by atomic mass is 9.93. The van der Waals surface area contributed by atoms with Gasteiger partial charge in [0.2, 0.25) is 11.8 Å². The fraction of sp³-hybridized carbons (Fsp3) is 0.556. The predicted molar refractivity (Wildman–Crippen MR) is 93.5 cm³/mol. The van der Waals surface area contributed by atoms with Crippen LogP contribution >= 0.6 is 0 Å². The van der Waals surface area contributed by atoms with E-state index >= 15 is 0 Å². The van der Waals surface area contributed by atoms with Crippen molar-refractivity contribution in [1.82, 2.24) is 16.1 Å². The molecule has 2 amide bonds. The maximum absolute atomic E-state index is 12.1. The van der Waals surface area contributed by atoms with Gasteiger partial charge < -0.3 is 10.6 Å². The molecular weight excluding hydrogens is 306 g/mol. The van der Waals surface area contributed by atoms with Crippen LogP contribution in [0.1, 0.15) is 32.3 Å². The first-order valence-corrected chi connectivity index (χ1v) is 8.38. The summed E-state index contributed by atoms with van der Waals surface area (Å²) < 4.78 is 0. The average molecular weight is 335 g/mol. The summed E-state index contributed by atoms with van der Waals surface area (Å²) in [7, 11) is 1.62. The Hall–Kier alpha value is -1.92. The van der Waals surface area contributed by atoms with Crippen LogP contribution in [0.3, 0.4) is 0 Å². The van der Waals surface area contributed by atoms with Crippen molar-refractivity contribution in [2.75, 3.05) is 13.6 Å². The molecule has 24 heavy (non-hydrogen) atoms. The van der Waals surface area contributed by atoms with E-state index in [2.05, 4.69) is 24.5 Å². The molecule has 0 heterocycles. The molecule has 1 rings (SSSR count). The van der Waals surface area contributed by atoms with Gasteiger partial charge in [-0.2, -0.15) is 0 Å². The summed E-state index contributed by atoms with van der Waals surface area (Å²) in [5.41, 5.74) is 2.76. The van der Waals surface area contributed by atoms with Gasteiger partial charge in [-0.25, -0.2) is 5.48 Å². The molecule has 6 heteroatoms. The maximum Gasteiger partial charge on any atom is 0.243 e. The van der Waals surface area contributed by atoms with Crippen LogP contribution in [0.2, 0.25) is 0 Å². The number of benzene rings is 1. The summed E-state index contributed by atoms with van der Waals surface area (Å²) in [6.07, 6.45) is 1.65. The number of amides is 2. The van der Waals surface area contributed by atoms with Crippen molar-refractivity contribution in [3.8, 4) is 0 Å². The highest BCUT2D eigenvalue weighted by atomic mass is 16.5. The Kier molecular flexibility index (Phi) is 9.04. The van der Waals surface area contributed by atoms with Crippen molar-refractivity contribution >= 4 is 11.8 Å². The first-order valence-electron chi connectivity index (χ1n) is 8.38. The minimum absolute atomic E-state index is 0.0556. The molecule has 0 unspecified atom stereocenters. The minimum Gasteiger partial charge on any atom is -0.358 e. The van der Waals surface area contributed by atoms with Gasteiger partial charge in [-0.15, -0.1) is 0 Å². The lowest BCUT2D eigenvalue weighted by Crippen LogP contribution is -2.46. The Morgan fingerprint density at radius 2 is 1.83 bits per heavy atom. The number of hydrogen-bond donors (Lipinski definition) is 4. The van der Waals surface area contributed by atoms with Crippen LogP contribution in [0.5, 0.6) is 0 Å². The van der Waals surface area contributed by atoms with Gasteiger partial charge in [0.05, 0.1) is 6.04 Å². The molecule has 1 aromatic carbocycles. The molecule has 0 aliphatic rings. The Bertz CT molecular complexity index is 505. The zero-order chi connectivity index (χ0) is 17.9.